The van der Waals surface area contributed by atoms with E-state index in [4.69, 9.17) is 4.98 Å². The molecule has 0 amide bonds. The molecule has 1 saturated heterocycles. The number of carbonyl (C=O) groups excluding carboxylic acids is 1. The lowest BCUT2D eigenvalue weighted by Crippen LogP contribution is -2.36. The number of benzene rings is 2. The van der Waals surface area contributed by atoms with Gasteiger partial charge in [0.05, 0.1) is 17.4 Å². The first-order valence-corrected chi connectivity index (χ1v) is 10.1. The van der Waals surface area contributed by atoms with E-state index >= 15 is 0 Å². The monoisotopic (exact) mass is 424 g/mol. The second-order valence-corrected chi connectivity index (χ2v) is 7.46. The van der Waals surface area contributed by atoms with E-state index in [9.17, 15) is 14.3 Å². The van der Waals surface area contributed by atoms with Crippen LogP contribution in [0, 0.1) is 5.82 Å². The topological polar surface area (TPSA) is 62.7 Å². The zero-order chi connectivity index (χ0) is 21.1. The van der Waals surface area contributed by atoms with Crippen LogP contribution < -0.4 is 4.90 Å². The van der Waals surface area contributed by atoms with Gasteiger partial charge < -0.3 is 14.2 Å². The predicted octanol–water partition coefficient (Wildman–Crippen LogP) is 4.52. The molecule has 30 heavy (non-hydrogen) atoms. The number of carbonyl (C=O) groups is 1. The van der Waals surface area contributed by atoms with Gasteiger partial charge in [-0.25, -0.2) is 14.2 Å². The molecule has 0 unspecified atom stereocenters. The Kier molecular flexibility index (Phi) is 6.01. The van der Waals surface area contributed by atoms with Crippen LogP contribution in [0.5, 0.6) is 0 Å². The van der Waals surface area contributed by atoms with Crippen molar-refractivity contribution >= 4 is 24.7 Å². The van der Waals surface area contributed by atoms with E-state index in [0.717, 1.165) is 28.2 Å². The first kappa shape index (κ1) is 20.4. The normalized spacial score (nSPS) is 14.6. The lowest BCUT2D eigenvalue weighted by atomic mass is 10.0. The number of hydrogen-bond donors (Lipinski definition) is 2. The Morgan fingerprint density at radius 3 is 2.27 bits per heavy atom. The van der Waals surface area contributed by atoms with Crippen LogP contribution in [-0.2, 0) is 4.18 Å². The Bertz CT molecular complexity index is 1030. The molecule has 1 aromatic heterocycles. The highest BCUT2D eigenvalue weighted by Crippen LogP contribution is 2.31. The minimum Gasteiger partial charge on any atom is -0.393 e. The maximum Gasteiger partial charge on any atom is 0.349 e. The molecule has 0 bridgehead atoms. The number of aromatic nitrogens is 1. The average Bonchev–Trinajstić information content (AvgIpc) is 2.79. The lowest BCUT2D eigenvalue weighted by Gasteiger charge is -2.31. The Morgan fingerprint density at radius 1 is 1.00 bits per heavy atom. The smallest absolute Gasteiger partial charge is 0.349 e. The molecular weight excluding hydrogens is 403 g/mol. The summed E-state index contributed by atoms with van der Waals surface area (Å²) in [4.78, 5) is 18.6. The Morgan fingerprint density at radius 2 is 1.63 bits per heavy atom. The summed E-state index contributed by atoms with van der Waals surface area (Å²) in [6.07, 6.45) is 1.11. The predicted molar refractivity (Wildman–Crippen MR) is 117 cm³/mol. The molecule has 1 aliphatic rings. The van der Waals surface area contributed by atoms with E-state index in [0.29, 0.717) is 31.5 Å². The number of aliphatic hydroxyl groups is 1. The number of anilines is 1. The van der Waals surface area contributed by atoms with Crippen LogP contribution in [0.1, 0.15) is 23.2 Å². The van der Waals surface area contributed by atoms with E-state index in [2.05, 4.69) is 22.0 Å². The highest BCUT2D eigenvalue weighted by molar-refractivity contribution is 7.75. The summed E-state index contributed by atoms with van der Waals surface area (Å²) in [5.74, 6) is -0.0106. The number of hydrogen-bond acceptors (Lipinski definition) is 6. The molecule has 4 rings (SSSR count). The molecular formula is C23H21FN2O3S. The fourth-order valence-electron chi connectivity index (χ4n) is 3.56. The van der Waals surface area contributed by atoms with Crippen LogP contribution in [0.4, 0.5) is 10.2 Å². The van der Waals surface area contributed by atoms with Crippen molar-refractivity contribution in [2.24, 2.45) is 0 Å². The third-order valence-corrected chi connectivity index (χ3v) is 5.44. The quantitative estimate of drug-likeness (QED) is 0.476. The van der Waals surface area contributed by atoms with Crippen molar-refractivity contribution in [1.82, 2.24) is 4.98 Å². The molecule has 5 nitrogen and oxygen atoms in total. The number of aliphatic hydroxyl groups excluding tert-OH is 1. The highest BCUT2D eigenvalue weighted by Gasteiger charge is 2.20. The molecule has 2 heterocycles. The van der Waals surface area contributed by atoms with Crippen LogP contribution >= 0.6 is 12.9 Å². The van der Waals surface area contributed by atoms with Gasteiger partial charge in [0.2, 0.25) is 0 Å². The van der Waals surface area contributed by atoms with E-state index in [1.54, 1.807) is 24.3 Å². The van der Waals surface area contributed by atoms with Crippen LogP contribution in [0.2, 0.25) is 0 Å². The van der Waals surface area contributed by atoms with E-state index in [1.807, 2.05) is 24.3 Å². The standard InChI is InChI=1S/C23H21FN2O3S/c24-19-7-5-16(6-8-19)21-13-18(15-1-3-17(4-2-15)23(28)29-30)14-22(25-21)26-11-9-20(27)10-12-26/h1-8,13-14,20,27,30H,9-12H2. The third kappa shape index (κ3) is 4.47. The largest absolute Gasteiger partial charge is 0.393 e. The fourth-order valence-corrected chi connectivity index (χ4v) is 3.67. The summed E-state index contributed by atoms with van der Waals surface area (Å²) in [5.41, 5.74) is 3.79. The van der Waals surface area contributed by atoms with Gasteiger partial charge in [0.25, 0.3) is 0 Å². The van der Waals surface area contributed by atoms with Crippen LogP contribution in [0.15, 0.2) is 60.7 Å². The molecule has 1 fully saturated rings. The molecule has 0 saturated carbocycles. The Balaban J connectivity index is 1.75. The van der Waals surface area contributed by atoms with Crippen molar-refractivity contribution in [3.63, 3.8) is 0 Å². The molecule has 0 spiro atoms. The fraction of sp³-hybridized carbons (Fsp3) is 0.217. The van der Waals surface area contributed by atoms with Crippen LogP contribution in [0.3, 0.4) is 0 Å². The highest BCUT2D eigenvalue weighted by atomic mass is 32.1. The Labute approximate surface area is 179 Å². The van der Waals surface area contributed by atoms with Crippen molar-refractivity contribution in [3.8, 4) is 22.4 Å². The molecule has 154 valence electrons. The molecule has 0 radical (unpaired) electrons. The van der Waals surface area contributed by atoms with Gasteiger partial charge in [0, 0.05) is 31.6 Å². The van der Waals surface area contributed by atoms with Crippen molar-refractivity contribution < 1.29 is 18.5 Å². The molecule has 1 aliphatic heterocycles. The van der Waals surface area contributed by atoms with Gasteiger partial charge in [-0.3, -0.25) is 0 Å². The summed E-state index contributed by atoms with van der Waals surface area (Å²) < 4.78 is 17.9. The number of halogens is 1. The first-order valence-electron chi connectivity index (χ1n) is 9.71. The van der Waals surface area contributed by atoms with Crippen molar-refractivity contribution in [2.75, 3.05) is 18.0 Å². The van der Waals surface area contributed by atoms with Crippen molar-refractivity contribution in [3.05, 3.63) is 72.0 Å². The van der Waals surface area contributed by atoms with Crippen molar-refractivity contribution in [1.29, 1.82) is 0 Å². The average molecular weight is 424 g/mol. The number of pyridine rings is 1. The minimum atomic E-state index is -0.515. The van der Waals surface area contributed by atoms with Crippen LogP contribution in [0.25, 0.3) is 22.4 Å². The zero-order valence-electron chi connectivity index (χ0n) is 16.2. The number of piperidine rings is 1. The second-order valence-electron chi connectivity index (χ2n) is 7.28. The second kappa shape index (κ2) is 8.85. The number of rotatable bonds is 4. The summed E-state index contributed by atoms with van der Waals surface area (Å²) in [5, 5.41) is 9.83. The lowest BCUT2D eigenvalue weighted by molar-refractivity contribution is 0.0772. The van der Waals surface area contributed by atoms with Crippen LogP contribution in [-0.4, -0.2) is 35.3 Å². The molecule has 0 aliphatic carbocycles. The first-order chi connectivity index (χ1) is 14.5. The zero-order valence-corrected chi connectivity index (χ0v) is 17.1. The van der Waals surface area contributed by atoms with E-state index < -0.39 is 5.97 Å². The summed E-state index contributed by atoms with van der Waals surface area (Å²) in [6.45, 7) is 1.43. The molecule has 1 N–H and O–H groups in total. The summed E-state index contributed by atoms with van der Waals surface area (Å²) in [6, 6.07) is 17.2. The molecule has 3 aromatic rings. The number of nitrogens with zero attached hydrogens (tertiary/aromatic N) is 2. The van der Waals surface area contributed by atoms with Gasteiger partial charge in [0.1, 0.15) is 11.6 Å². The maximum atomic E-state index is 13.4. The van der Waals surface area contributed by atoms with Crippen molar-refractivity contribution in [2.45, 2.75) is 18.9 Å². The maximum absolute atomic E-state index is 13.4. The summed E-state index contributed by atoms with van der Waals surface area (Å²) in [7, 11) is 0. The van der Waals surface area contributed by atoms with Gasteiger partial charge in [-0.15, -0.1) is 0 Å². The van der Waals surface area contributed by atoms with Gasteiger partial charge in [0.15, 0.2) is 0 Å². The number of thiol groups is 1. The van der Waals surface area contributed by atoms with Gasteiger partial charge in [-0.05, 0) is 72.5 Å². The third-order valence-electron chi connectivity index (χ3n) is 5.28. The van der Waals surface area contributed by atoms with E-state index in [-0.39, 0.29) is 11.9 Å². The van der Waals surface area contributed by atoms with E-state index in [1.165, 1.54) is 12.1 Å². The molecule has 2 aromatic carbocycles. The molecule has 7 heteroatoms. The van der Waals surface area contributed by atoms with Gasteiger partial charge in [-0.2, -0.15) is 0 Å². The minimum absolute atomic E-state index is 0.278. The molecule has 0 atom stereocenters. The summed E-state index contributed by atoms with van der Waals surface area (Å²) >= 11 is 3.55. The van der Waals surface area contributed by atoms with Gasteiger partial charge >= 0.3 is 5.97 Å². The van der Waals surface area contributed by atoms with Gasteiger partial charge in [-0.1, -0.05) is 12.1 Å². The SMILES string of the molecule is O=C(OS)c1ccc(-c2cc(-c3ccc(F)cc3)nc(N3CCC(O)CC3)c2)cc1. The Hall–Kier alpha value is -2.90.